The Labute approximate surface area is 170 Å². The van der Waals surface area contributed by atoms with Gasteiger partial charge in [-0.15, -0.1) is 24.0 Å². The number of nitrogens with one attached hydrogen (secondary N) is 2. The van der Waals surface area contributed by atoms with E-state index in [-0.39, 0.29) is 30.1 Å². The van der Waals surface area contributed by atoms with E-state index in [0.717, 1.165) is 45.0 Å². The van der Waals surface area contributed by atoms with Crippen LogP contribution in [-0.2, 0) is 4.74 Å². The minimum absolute atomic E-state index is 0. The maximum Gasteiger partial charge on any atom is 0.410 e. The van der Waals surface area contributed by atoms with E-state index >= 15 is 0 Å². The van der Waals surface area contributed by atoms with Crippen LogP contribution in [0.2, 0.25) is 0 Å². The fraction of sp³-hybridized carbons (Fsp3) is 0.889. The third-order valence-electron chi connectivity index (χ3n) is 4.12. The van der Waals surface area contributed by atoms with E-state index in [1.165, 1.54) is 19.3 Å². The third-order valence-corrected chi connectivity index (χ3v) is 4.12. The van der Waals surface area contributed by atoms with E-state index in [0.29, 0.717) is 5.92 Å². The quantitative estimate of drug-likeness (QED) is 0.271. The van der Waals surface area contributed by atoms with Gasteiger partial charge in [-0.05, 0) is 46.0 Å². The van der Waals surface area contributed by atoms with E-state index in [1.54, 1.807) is 7.05 Å². The van der Waals surface area contributed by atoms with Crippen molar-refractivity contribution in [2.75, 3.05) is 33.2 Å². The molecule has 0 aromatic heterocycles. The lowest BCUT2D eigenvalue weighted by atomic mass is 9.97. The molecule has 1 aliphatic heterocycles. The molecule has 0 bridgehead atoms. The number of carbonyl (C=O) groups excluding carboxylic acids is 1. The van der Waals surface area contributed by atoms with Crippen LogP contribution in [0.4, 0.5) is 4.79 Å². The van der Waals surface area contributed by atoms with Crippen molar-refractivity contribution in [3.8, 4) is 0 Å². The summed E-state index contributed by atoms with van der Waals surface area (Å²) in [6, 6.07) is 0. The SMILES string of the molecule is CCCCCNC(=NC)NCC1CCN(C(=O)OC(C)(C)C)CC1.I. The standard InChI is InChI=1S/C18H36N4O2.HI/c1-6-7-8-11-20-16(19-5)21-14-15-9-12-22(13-10-15)17(23)24-18(2,3)4;/h15H,6-14H2,1-5H3,(H2,19,20,21);1H. The number of amides is 1. The highest BCUT2D eigenvalue weighted by atomic mass is 127. The van der Waals surface area contributed by atoms with Crippen LogP contribution >= 0.6 is 24.0 Å². The Kier molecular flexibility index (Phi) is 12.2. The predicted octanol–water partition coefficient (Wildman–Crippen LogP) is 3.61. The second-order valence-electron chi connectivity index (χ2n) is 7.50. The summed E-state index contributed by atoms with van der Waals surface area (Å²) >= 11 is 0. The van der Waals surface area contributed by atoms with Crippen molar-refractivity contribution in [2.45, 2.75) is 65.4 Å². The first-order valence-corrected chi connectivity index (χ1v) is 9.28. The number of aliphatic imine (C=N–C) groups is 1. The fourth-order valence-electron chi connectivity index (χ4n) is 2.69. The number of rotatable bonds is 6. The number of nitrogens with zero attached hydrogens (tertiary/aromatic N) is 2. The van der Waals surface area contributed by atoms with E-state index in [9.17, 15) is 4.79 Å². The van der Waals surface area contributed by atoms with Gasteiger partial charge in [-0.25, -0.2) is 4.79 Å². The average molecular weight is 468 g/mol. The Bertz CT molecular complexity index is 402. The Morgan fingerprint density at radius 1 is 1.20 bits per heavy atom. The molecule has 0 unspecified atom stereocenters. The number of unbranched alkanes of at least 4 members (excludes halogenated alkanes) is 2. The third kappa shape index (κ3) is 10.8. The molecule has 1 rings (SSSR count). The largest absolute Gasteiger partial charge is 0.444 e. The Morgan fingerprint density at radius 2 is 1.84 bits per heavy atom. The zero-order valence-electron chi connectivity index (χ0n) is 16.6. The zero-order valence-corrected chi connectivity index (χ0v) is 18.9. The van der Waals surface area contributed by atoms with Crippen LogP contribution in [0.3, 0.4) is 0 Å². The lowest BCUT2D eigenvalue weighted by molar-refractivity contribution is 0.0185. The number of likely N-dealkylation sites (tertiary alicyclic amines) is 1. The van der Waals surface area contributed by atoms with Crippen molar-refractivity contribution in [3.05, 3.63) is 0 Å². The summed E-state index contributed by atoms with van der Waals surface area (Å²) < 4.78 is 5.43. The molecule has 6 nitrogen and oxygen atoms in total. The van der Waals surface area contributed by atoms with Crippen LogP contribution < -0.4 is 10.6 Å². The number of ether oxygens (including phenoxy) is 1. The van der Waals surface area contributed by atoms with Crippen molar-refractivity contribution in [2.24, 2.45) is 10.9 Å². The molecular formula is C18H37IN4O2. The summed E-state index contributed by atoms with van der Waals surface area (Å²) in [6.45, 7) is 11.3. The predicted molar refractivity (Wildman–Crippen MR) is 115 cm³/mol. The van der Waals surface area contributed by atoms with Crippen LogP contribution in [0.1, 0.15) is 59.8 Å². The smallest absolute Gasteiger partial charge is 0.410 e. The number of halogens is 1. The van der Waals surface area contributed by atoms with Crippen molar-refractivity contribution in [1.29, 1.82) is 0 Å². The Balaban J connectivity index is 0.00000576. The van der Waals surface area contributed by atoms with Gasteiger partial charge in [0.15, 0.2) is 5.96 Å². The fourth-order valence-corrected chi connectivity index (χ4v) is 2.69. The molecule has 0 atom stereocenters. The maximum atomic E-state index is 12.1. The van der Waals surface area contributed by atoms with Crippen LogP contribution in [0, 0.1) is 5.92 Å². The molecule has 1 heterocycles. The van der Waals surface area contributed by atoms with Gasteiger partial charge in [0.25, 0.3) is 0 Å². The van der Waals surface area contributed by atoms with Gasteiger partial charge in [0.2, 0.25) is 0 Å². The van der Waals surface area contributed by atoms with Gasteiger partial charge in [-0.2, -0.15) is 0 Å². The highest BCUT2D eigenvalue weighted by molar-refractivity contribution is 14.0. The molecule has 7 heteroatoms. The second-order valence-corrected chi connectivity index (χ2v) is 7.50. The molecule has 1 amide bonds. The molecule has 1 aliphatic rings. The second kappa shape index (κ2) is 12.6. The van der Waals surface area contributed by atoms with Gasteiger partial charge in [0, 0.05) is 33.2 Å². The average Bonchev–Trinajstić information content (AvgIpc) is 2.53. The molecule has 0 aliphatic carbocycles. The highest BCUT2D eigenvalue weighted by Gasteiger charge is 2.26. The van der Waals surface area contributed by atoms with Crippen LogP contribution in [0.25, 0.3) is 0 Å². The molecule has 2 N–H and O–H groups in total. The van der Waals surface area contributed by atoms with Crippen LogP contribution in [0.5, 0.6) is 0 Å². The first kappa shape index (κ1) is 24.3. The van der Waals surface area contributed by atoms with Crippen molar-refractivity contribution in [3.63, 3.8) is 0 Å². The summed E-state index contributed by atoms with van der Waals surface area (Å²) in [6.07, 6.45) is 5.45. The topological polar surface area (TPSA) is 66.0 Å². The van der Waals surface area contributed by atoms with E-state index < -0.39 is 5.60 Å². The zero-order chi connectivity index (χ0) is 18.0. The number of carbonyl (C=O) groups is 1. The van der Waals surface area contributed by atoms with E-state index in [2.05, 4.69) is 22.5 Å². The normalized spacial score (nSPS) is 16.2. The highest BCUT2D eigenvalue weighted by Crippen LogP contribution is 2.19. The van der Waals surface area contributed by atoms with Gasteiger partial charge in [-0.1, -0.05) is 19.8 Å². The van der Waals surface area contributed by atoms with Crippen LogP contribution in [0.15, 0.2) is 4.99 Å². The summed E-state index contributed by atoms with van der Waals surface area (Å²) in [5, 5.41) is 6.75. The number of piperidine rings is 1. The number of hydrogen-bond acceptors (Lipinski definition) is 3. The first-order chi connectivity index (χ1) is 11.4. The monoisotopic (exact) mass is 468 g/mol. The molecule has 0 saturated carbocycles. The molecule has 148 valence electrons. The molecular weight excluding hydrogens is 431 g/mol. The first-order valence-electron chi connectivity index (χ1n) is 9.28. The van der Waals surface area contributed by atoms with Crippen LogP contribution in [-0.4, -0.2) is 55.8 Å². The Hall–Kier alpha value is -0.730. The minimum atomic E-state index is -0.425. The van der Waals surface area contributed by atoms with Gasteiger partial charge >= 0.3 is 6.09 Å². The molecule has 0 radical (unpaired) electrons. The number of hydrogen-bond donors (Lipinski definition) is 2. The van der Waals surface area contributed by atoms with Gasteiger partial charge in [0.05, 0.1) is 0 Å². The van der Waals surface area contributed by atoms with Crippen molar-refractivity contribution < 1.29 is 9.53 Å². The molecule has 0 aromatic rings. The molecule has 0 aromatic carbocycles. The van der Waals surface area contributed by atoms with E-state index in [1.807, 2.05) is 25.7 Å². The lowest BCUT2D eigenvalue weighted by Gasteiger charge is -2.33. The molecule has 25 heavy (non-hydrogen) atoms. The Morgan fingerprint density at radius 3 is 2.36 bits per heavy atom. The summed E-state index contributed by atoms with van der Waals surface area (Å²) in [4.78, 5) is 18.1. The molecule has 1 saturated heterocycles. The van der Waals surface area contributed by atoms with Gasteiger partial charge < -0.3 is 20.3 Å². The van der Waals surface area contributed by atoms with E-state index in [4.69, 9.17) is 4.74 Å². The van der Waals surface area contributed by atoms with Gasteiger partial charge in [0.1, 0.15) is 5.60 Å². The van der Waals surface area contributed by atoms with Crippen molar-refractivity contribution >= 4 is 36.0 Å². The molecule has 0 spiro atoms. The minimum Gasteiger partial charge on any atom is -0.444 e. The maximum absolute atomic E-state index is 12.1. The summed E-state index contributed by atoms with van der Waals surface area (Å²) in [5.74, 6) is 1.44. The summed E-state index contributed by atoms with van der Waals surface area (Å²) in [5.41, 5.74) is -0.425. The summed E-state index contributed by atoms with van der Waals surface area (Å²) in [7, 11) is 1.81. The van der Waals surface area contributed by atoms with Crippen molar-refractivity contribution in [1.82, 2.24) is 15.5 Å². The lowest BCUT2D eigenvalue weighted by Crippen LogP contribution is -2.45. The molecule has 1 fully saturated rings. The number of guanidine groups is 1. The van der Waals surface area contributed by atoms with Gasteiger partial charge in [-0.3, -0.25) is 4.99 Å².